The lowest BCUT2D eigenvalue weighted by atomic mass is 10.1. The molecule has 152 valence electrons. The number of fused-ring (bicyclic) bond motifs is 1. The van der Waals surface area contributed by atoms with E-state index in [0.29, 0.717) is 26.2 Å². The number of halogens is 3. The summed E-state index contributed by atoms with van der Waals surface area (Å²) < 4.78 is 14.1. The lowest BCUT2D eigenvalue weighted by Gasteiger charge is -2.38. The second kappa shape index (κ2) is 8.05. The fraction of sp³-hybridized carbons (Fsp3) is 0.350. The molecule has 4 rings (SSSR count). The summed E-state index contributed by atoms with van der Waals surface area (Å²) in [6.45, 7) is 6.18. The molecule has 2 aromatic rings. The van der Waals surface area contributed by atoms with Gasteiger partial charge in [-0.1, -0.05) is 28.8 Å². The van der Waals surface area contributed by atoms with Crippen molar-refractivity contribution in [3.8, 4) is 0 Å². The zero-order chi connectivity index (χ0) is 20.7. The van der Waals surface area contributed by atoms with Crippen LogP contribution < -0.4 is 0 Å². The molecule has 0 atom stereocenters. The fourth-order valence-corrected chi connectivity index (χ4v) is 4.80. The highest BCUT2D eigenvalue weighted by molar-refractivity contribution is 7.11. The maximum atomic E-state index is 14.1. The van der Waals surface area contributed by atoms with E-state index >= 15 is 0 Å². The third-order valence-electron chi connectivity index (χ3n) is 5.12. The number of hydrogen-bond donors (Lipinski definition) is 0. The second-order valence-electron chi connectivity index (χ2n) is 7.08. The van der Waals surface area contributed by atoms with E-state index < -0.39 is 5.82 Å². The molecule has 0 radical (unpaired) electrons. The zero-order valence-corrected chi connectivity index (χ0v) is 18.3. The van der Waals surface area contributed by atoms with Crippen molar-refractivity contribution in [2.45, 2.75) is 20.3 Å². The topological polar surface area (TPSA) is 48.8 Å². The summed E-state index contributed by atoms with van der Waals surface area (Å²) in [5.74, 6) is -0.216. The molecule has 1 aromatic carbocycles. The van der Waals surface area contributed by atoms with Gasteiger partial charge < -0.3 is 9.80 Å². The maximum Gasteiger partial charge on any atom is 0.255 e. The van der Waals surface area contributed by atoms with E-state index in [-0.39, 0.29) is 21.5 Å². The number of aromatic nitrogens is 1. The van der Waals surface area contributed by atoms with Crippen LogP contribution in [-0.4, -0.2) is 52.7 Å². The number of hydrogen-bond acceptors (Lipinski definition) is 5. The first-order valence-electron chi connectivity index (χ1n) is 9.22. The van der Waals surface area contributed by atoms with E-state index in [1.54, 1.807) is 16.2 Å². The Morgan fingerprint density at radius 3 is 2.76 bits per heavy atom. The number of amides is 1. The van der Waals surface area contributed by atoms with E-state index in [2.05, 4.69) is 16.8 Å². The number of aliphatic imine (C=N–C) groups is 1. The third kappa shape index (κ3) is 3.79. The molecule has 5 nitrogen and oxygen atoms in total. The van der Waals surface area contributed by atoms with Gasteiger partial charge in [0, 0.05) is 36.4 Å². The molecule has 29 heavy (non-hydrogen) atoms. The number of benzene rings is 1. The van der Waals surface area contributed by atoms with Crippen LogP contribution in [0.5, 0.6) is 0 Å². The molecule has 1 aromatic heterocycles. The Kier molecular flexibility index (Phi) is 5.64. The number of aryl methyl sites for hydroxylation is 1. The smallest absolute Gasteiger partial charge is 0.255 e. The molecule has 9 heteroatoms. The predicted octanol–water partition coefficient (Wildman–Crippen LogP) is 4.78. The highest BCUT2D eigenvalue weighted by Crippen LogP contribution is 2.30. The summed E-state index contributed by atoms with van der Waals surface area (Å²) in [4.78, 5) is 26.3. The van der Waals surface area contributed by atoms with Gasteiger partial charge in [-0.15, -0.1) is 11.3 Å². The van der Waals surface area contributed by atoms with Crippen molar-refractivity contribution >= 4 is 46.3 Å². The highest BCUT2D eigenvalue weighted by Gasteiger charge is 2.32. The van der Waals surface area contributed by atoms with Crippen molar-refractivity contribution in [2.75, 3.05) is 26.2 Å². The number of carbonyl (C=O) groups is 1. The quantitative estimate of drug-likeness (QED) is 0.615. The molecule has 1 amide bonds. The van der Waals surface area contributed by atoms with Gasteiger partial charge in [0.15, 0.2) is 16.7 Å². The minimum absolute atomic E-state index is 0.0988. The molecule has 0 unspecified atom stereocenters. The van der Waals surface area contributed by atoms with E-state index in [0.717, 1.165) is 28.7 Å². The SMILES string of the molecule is CC1=C2CN(C(=O)c3ccc(Cl)c(F)c3Cl)CCN2C(c2nc(C)cs2)=NCC1. The summed E-state index contributed by atoms with van der Waals surface area (Å²) in [7, 11) is 0. The monoisotopic (exact) mass is 452 g/mol. The van der Waals surface area contributed by atoms with Crippen LogP contribution in [0.15, 0.2) is 33.8 Å². The third-order valence-corrected chi connectivity index (χ3v) is 6.74. The van der Waals surface area contributed by atoms with Gasteiger partial charge in [0.25, 0.3) is 5.91 Å². The van der Waals surface area contributed by atoms with Crippen molar-refractivity contribution in [1.82, 2.24) is 14.8 Å². The van der Waals surface area contributed by atoms with Crippen molar-refractivity contribution in [2.24, 2.45) is 4.99 Å². The number of amidine groups is 1. The summed E-state index contributed by atoms with van der Waals surface area (Å²) in [6.07, 6.45) is 0.818. The van der Waals surface area contributed by atoms with E-state index in [1.165, 1.54) is 17.7 Å². The van der Waals surface area contributed by atoms with Crippen LogP contribution in [-0.2, 0) is 0 Å². The number of piperazine rings is 1. The molecule has 0 aliphatic carbocycles. The van der Waals surface area contributed by atoms with E-state index in [1.807, 2.05) is 12.3 Å². The Balaban J connectivity index is 1.63. The van der Waals surface area contributed by atoms with Gasteiger partial charge in [-0.3, -0.25) is 9.79 Å². The molecule has 2 aliphatic heterocycles. The summed E-state index contributed by atoms with van der Waals surface area (Å²) in [5.41, 5.74) is 3.31. The molecule has 0 saturated carbocycles. The molecular formula is C20H19Cl2FN4OS. The van der Waals surface area contributed by atoms with Crippen LogP contribution in [0.3, 0.4) is 0 Å². The van der Waals surface area contributed by atoms with Crippen LogP contribution in [0.25, 0.3) is 0 Å². The van der Waals surface area contributed by atoms with Crippen LogP contribution in [0.2, 0.25) is 10.0 Å². The Bertz CT molecular complexity index is 1050. The molecule has 3 heterocycles. The van der Waals surface area contributed by atoms with Gasteiger partial charge in [-0.2, -0.15) is 0 Å². The van der Waals surface area contributed by atoms with Crippen LogP contribution in [0.4, 0.5) is 4.39 Å². The number of thiazole rings is 1. The number of rotatable bonds is 2. The molecule has 2 aliphatic rings. The van der Waals surface area contributed by atoms with Gasteiger partial charge in [0.1, 0.15) is 0 Å². The Hall–Kier alpha value is -1.96. The first-order chi connectivity index (χ1) is 13.9. The average molecular weight is 453 g/mol. The second-order valence-corrected chi connectivity index (χ2v) is 8.72. The lowest BCUT2D eigenvalue weighted by molar-refractivity contribution is 0.0726. The minimum atomic E-state index is -0.767. The Labute approximate surface area is 182 Å². The molecule has 1 saturated heterocycles. The van der Waals surface area contributed by atoms with Crippen molar-refractivity contribution in [3.05, 3.63) is 60.9 Å². The van der Waals surface area contributed by atoms with Crippen molar-refractivity contribution < 1.29 is 9.18 Å². The summed E-state index contributed by atoms with van der Waals surface area (Å²) in [5, 5.41) is 2.56. The summed E-state index contributed by atoms with van der Waals surface area (Å²) in [6, 6.07) is 2.83. The first-order valence-corrected chi connectivity index (χ1v) is 10.9. The first kappa shape index (κ1) is 20.3. The largest absolute Gasteiger partial charge is 0.331 e. The van der Waals surface area contributed by atoms with Gasteiger partial charge in [0.2, 0.25) is 0 Å². The molecule has 0 spiro atoms. The highest BCUT2D eigenvalue weighted by atomic mass is 35.5. The lowest BCUT2D eigenvalue weighted by Crippen LogP contribution is -2.49. The van der Waals surface area contributed by atoms with Crippen molar-refractivity contribution in [1.29, 1.82) is 0 Å². The van der Waals surface area contributed by atoms with Gasteiger partial charge in [-0.25, -0.2) is 9.37 Å². The van der Waals surface area contributed by atoms with Gasteiger partial charge in [0.05, 0.1) is 22.2 Å². The van der Waals surface area contributed by atoms with Crippen LogP contribution in [0, 0.1) is 12.7 Å². The van der Waals surface area contributed by atoms with E-state index in [4.69, 9.17) is 28.2 Å². The molecule has 0 bridgehead atoms. The Morgan fingerprint density at radius 2 is 2.03 bits per heavy atom. The standard InChI is InChI=1S/C20H19Cl2FN4OS/c1-11-5-6-24-18(19-25-12(2)10-29-19)27-8-7-26(9-15(11)27)20(28)13-3-4-14(21)17(23)16(13)22/h3-4,10H,5-9H2,1-2H3. The number of carbonyl (C=O) groups excluding carboxylic acids is 1. The fourth-order valence-electron chi connectivity index (χ4n) is 3.53. The van der Waals surface area contributed by atoms with Crippen molar-refractivity contribution in [3.63, 3.8) is 0 Å². The normalized spacial score (nSPS) is 17.2. The van der Waals surface area contributed by atoms with Crippen LogP contribution >= 0.6 is 34.5 Å². The zero-order valence-electron chi connectivity index (χ0n) is 16.0. The minimum Gasteiger partial charge on any atom is -0.331 e. The Morgan fingerprint density at radius 1 is 1.24 bits per heavy atom. The molecular weight excluding hydrogens is 434 g/mol. The average Bonchev–Trinajstić information content (AvgIpc) is 3.07. The summed E-state index contributed by atoms with van der Waals surface area (Å²) >= 11 is 13.4. The number of nitrogens with zero attached hydrogens (tertiary/aromatic N) is 4. The maximum absolute atomic E-state index is 14.1. The predicted molar refractivity (Wildman–Crippen MR) is 115 cm³/mol. The van der Waals surface area contributed by atoms with Gasteiger partial charge in [-0.05, 0) is 32.4 Å². The molecule has 1 fully saturated rings. The van der Waals surface area contributed by atoms with E-state index in [9.17, 15) is 9.18 Å². The van der Waals surface area contributed by atoms with Gasteiger partial charge >= 0.3 is 0 Å². The molecule has 0 N–H and O–H groups in total. The van der Waals surface area contributed by atoms with Crippen LogP contribution in [0.1, 0.15) is 34.4 Å².